The van der Waals surface area contributed by atoms with Crippen LogP contribution in [0.4, 0.5) is 0 Å². The molecule has 0 saturated heterocycles. The molecule has 0 aliphatic heterocycles. The third-order valence-corrected chi connectivity index (χ3v) is 3.92. The highest BCUT2D eigenvalue weighted by atomic mass is 127. The average Bonchev–Trinajstić information content (AvgIpc) is 2.75. The van der Waals surface area contributed by atoms with Crippen LogP contribution in [0.15, 0.2) is 18.2 Å². The fourth-order valence-electron chi connectivity index (χ4n) is 2.18. The number of nitrogens with zero attached hydrogens (tertiary/aromatic N) is 2. The van der Waals surface area contributed by atoms with Crippen LogP contribution < -0.4 is 0 Å². The van der Waals surface area contributed by atoms with Crippen LogP contribution in [0.5, 0.6) is 0 Å². The van der Waals surface area contributed by atoms with Gasteiger partial charge in [-0.3, -0.25) is 0 Å². The van der Waals surface area contributed by atoms with Crippen LogP contribution in [0.1, 0.15) is 25.7 Å². The Morgan fingerprint density at radius 3 is 2.95 bits per heavy atom. The second kappa shape index (κ2) is 6.76. The van der Waals surface area contributed by atoms with Gasteiger partial charge in [-0.1, -0.05) is 0 Å². The molecular formula is C14H16ClIN2O2. The summed E-state index contributed by atoms with van der Waals surface area (Å²) in [5.41, 5.74) is 1.82. The van der Waals surface area contributed by atoms with Gasteiger partial charge < -0.3 is 9.30 Å². The number of benzene rings is 1. The van der Waals surface area contributed by atoms with Gasteiger partial charge in [0.2, 0.25) is 0 Å². The van der Waals surface area contributed by atoms with Crippen molar-refractivity contribution in [2.24, 2.45) is 0 Å². The van der Waals surface area contributed by atoms with Crippen LogP contribution in [-0.4, -0.2) is 28.0 Å². The highest BCUT2D eigenvalue weighted by molar-refractivity contribution is 14.1. The second-order valence-corrected chi connectivity index (χ2v) is 6.02. The summed E-state index contributed by atoms with van der Waals surface area (Å²) in [6.45, 7) is 4.01. The van der Waals surface area contributed by atoms with Crippen molar-refractivity contribution in [2.45, 2.75) is 26.3 Å². The highest BCUT2D eigenvalue weighted by Crippen LogP contribution is 2.24. The van der Waals surface area contributed by atoms with E-state index >= 15 is 0 Å². The molecule has 1 atom stereocenters. The summed E-state index contributed by atoms with van der Waals surface area (Å²) < 4.78 is 8.15. The molecular weight excluding hydrogens is 391 g/mol. The van der Waals surface area contributed by atoms with E-state index < -0.39 is 6.04 Å². The molecule has 0 saturated carbocycles. The zero-order valence-electron chi connectivity index (χ0n) is 11.4. The summed E-state index contributed by atoms with van der Waals surface area (Å²) in [6, 6.07) is 5.58. The fraction of sp³-hybridized carbons (Fsp3) is 0.429. The van der Waals surface area contributed by atoms with Crippen molar-refractivity contribution in [3.8, 4) is 0 Å². The fourth-order valence-corrected chi connectivity index (χ4v) is 2.83. The van der Waals surface area contributed by atoms with Crippen molar-refractivity contribution < 1.29 is 9.53 Å². The van der Waals surface area contributed by atoms with Crippen LogP contribution in [0, 0.1) is 3.57 Å². The van der Waals surface area contributed by atoms with Gasteiger partial charge in [-0.2, -0.15) is 0 Å². The third kappa shape index (κ3) is 3.09. The predicted molar refractivity (Wildman–Crippen MR) is 88.2 cm³/mol. The van der Waals surface area contributed by atoms with Crippen LogP contribution >= 0.6 is 34.2 Å². The number of hydrogen-bond donors (Lipinski definition) is 0. The maximum absolute atomic E-state index is 12.0. The van der Waals surface area contributed by atoms with Gasteiger partial charge in [-0.05, 0) is 54.6 Å². The molecule has 1 heterocycles. The van der Waals surface area contributed by atoms with Crippen molar-refractivity contribution in [1.29, 1.82) is 0 Å². The van der Waals surface area contributed by atoms with Gasteiger partial charge in [0.15, 0.2) is 0 Å². The Hall–Kier alpha value is -0.820. The minimum absolute atomic E-state index is 0.249. The first kappa shape index (κ1) is 15.6. The molecule has 108 valence electrons. The van der Waals surface area contributed by atoms with Crippen molar-refractivity contribution in [3.63, 3.8) is 0 Å². The van der Waals surface area contributed by atoms with Gasteiger partial charge in [0.25, 0.3) is 0 Å². The molecule has 2 rings (SSSR count). The van der Waals surface area contributed by atoms with Gasteiger partial charge in [-0.15, -0.1) is 11.6 Å². The second-order valence-electron chi connectivity index (χ2n) is 4.40. The molecule has 6 heteroatoms. The monoisotopic (exact) mass is 406 g/mol. The molecule has 0 amide bonds. The van der Waals surface area contributed by atoms with E-state index in [0.717, 1.165) is 20.4 Å². The topological polar surface area (TPSA) is 44.1 Å². The first-order valence-electron chi connectivity index (χ1n) is 6.47. The van der Waals surface area contributed by atoms with Crippen molar-refractivity contribution >= 4 is 51.2 Å². The van der Waals surface area contributed by atoms with Crippen molar-refractivity contribution in [1.82, 2.24) is 9.55 Å². The van der Waals surface area contributed by atoms with E-state index in [1.807, 2.05) is 29.7 Å². The summed E-state index contributed by atoms with van der Waals surface area (Å²) in [5.74, 6) is 1.04. The van der Waals surface area contributed by atoms with Gasteiger partial charge in [-0.25, -0.2) is 9.78 Å². The number of aromatic nitrogens is 2. The Labute approximate surface area is 136 Å². The molecule has 0 bridgehead atoms. The number of carbonyl (C=O) groups excluding carboxylic acids is 1. The Balaban J connectivity index is 2.53. The molecule has 4 nitrogen and oxygen atoms in total. The number of aryl methyl sites for hydroxylation is 1. The zero-order chi connectivity index (χ0) is 14.7. The molecule has 0 fully saturated rings. The molecule has 20 heavy (non-hydrogen) atoms. The van der Waals surface area contributed by atoms with Crippen molar-refractivity contribution in [2.75, 3.05) is 12.5 Å². The maximum atomic E-state index is 12.0. The van der Waals surface area contributed by atoms with Crippen LogP contribution in [0.2, 0.25) is 0 Å². The van der Waals surface area contributed by atoms with E-state index in [1.54, 1.807) is 6.92 Å². The SMILES string of the molecule is CCOC(=O)C(C)n1c(CCCl)nc2cc(I)ccc21. The van der Waals surface area contributed by atoms with Crippen LogP contribution in [0.3, 0.4) is 0 Å². The summed E-state index contributed by atoms with van der Waals surface area (Å²) >= 11 is 8.09. The van der Waals surface area contributed by atoms with E-state index in [1.165, 1.54) is 0 Å². The summed E-state index contributed by atoms with van der Waals surface area (Å²) in [7, 11) is 0. The smallest absolute Gasteiger partial charge is 0.328 e. The number of alkyl halides is 1. The van der Waals surface area contributed by atoms with Gasteiger partial charge in [0.05, 0.1) is 17.6 Å². The van der Waals surface area contributed by atoms with E-state index in [4.69, 9.17) is 16.3 Å². The number of carbonyl (C=O) groups is 1. The Kier molecular flexibility index (Phi) is 5.26. The molecule has 1 aromatic carbocycles. The number of rotatable bonds is 5. The van der Waals surface area contributed by atoms with E-state index in [9.17, 15) is 4.79 Å². The van der Waals surface area contributed by atoms with E-state index in [2.05, 4.69) is 27.6 Å². The largest absolute Gasteiger partial charge is 0.464 e. The summed E-state index contributed by atoms with van der Waals surface area (Å²) in [4.78, 5) is 16.6. The maximum Gasteiger partial charge on any atom is 0.328 e. The van der Waals surface area contributed by atoms with Gasteiger partial charge in [0, 0.05) is 15.9 Å². The number of halogens is 2. The van der Waals surface area contributed by atoms with Crippen LogP contribution in [-0.2, 0) is 16.0 Å². The Morgan fingerprint density at radius 2 is 2.30 bits per heavy atom. The molecule has 0 N–H and O–H groups in total. The van der Waals surface area contributed by atoms with E-state index in [-0.39, 0.29) is 5.97 Å². The number of ether oxygens (including phenoxy) is 1. The molecule has 0 aliphatic rings. The lowest BCUT2D eigenvalue weighted by molar-refractivity contribution is -0.146. The average molecular weight is 407 g/mol. The molecule has 0 aliphatic carbocycles. The van der Waals surface area contributed by atoms with Gasteiger partial charge in [0.1, 0.15) is 11.9 Å². The minimum Gasteiger partial charge on any atom is -0.464 e. The third-order valence-electron chi connectivity index (χ3n) is 3.06. The number of imidazole rings is 1. The Morgan fingerprint density at radius 1 is 1.55 bits per heavy atom. The lowest BCUT2D eigenvalue weighted by Crippen LogP contribution is -2.21. The first-order valence-corrected chi connectivity index (χ1v) is 8.08. The number of fused-ring (bicyclic) bond motifs is 1. The number of hydrogen-bond acceptors (Lipinski definition) is 3. The van der Waals surface area contributed by atoms with Gasteiger partial charge >= 0.3 is 5.97 Å². The lowest BCUT2D eigenvalue weighted by atomic mass is 10.2. The summed E-state index contributed by atoms with van der Waals surface area (Å²) in [6.07, 6.45) is 0.622. The quantitative estimate of drug-likeness (QED) is 0.433. The van der Waals surface area contributed by atoms with Crippen LogP contribution in [0.25, 0.3) is 11.0 Å². The molecule has 0 radical (unpaired) electrons. The van der Waals surface area contributed by atoms with E-state index in [0.29, 0.717) is 18.9 Å². The standard InChI is InChI=1S/C14H16ClIN2O2/c1-3-20-14(19)9(2)18-12-5-4-10(16)8-11(12)17-13(18)6-7-15/h4-5,8-9H,3,6-7H2,1-2H3. The minimum atomic E-state index is -0.404. The molecule has 1 aromatic heterocycles. The molecule has 1 unspecified atom stereocenters. The normalized spacial score (nSPS) is 12.6. The summed E-state index contributed by atoms with van der Waals surface area (Å²) in [5, 5.41) is 0. The first-order chi connectivity index (χ1) is 9.58. The molecule has 2 aromatic rings. The number of esters is 1. The molecule has 0 spiro atoms. The predicted octanol–water partition coefficient (Wildman–Crippen LogP) is 3.55. The highest BCUT2D eigenvalue weighted by Gasteiger charge is 2.22. The Bertz CT molecular complexity index is 627. The zero-order valence-corrected chi connectivity index (χ0v) is 14.3. The lowest BCUT2D eigenvalue weighted by Gasteiger charge is -2.16. The van der Waals surface area contributed by atoms with Crippen molar-refractivity contribution in [3.05, 3.63) is 27.6 Å².